The van der Waals surface area contributed by atoms with Gasteiger partial charge in [0.25, 0.3) is 0 Å². The Bertz CT molecular complexity index is 437. The van der Waals surface area contributed by atoms with Crippen molar-refractivity contribution in [3.63, 3.8) is 0 Å². The number of amidine groups is 1. The fourth-order valence-corrected chi connectivity index (χ4v) is 2.97. The predicted molar refractivity (Wildman–Crippen MR) is 78.3 cm³/mol. The van der Waals surface area contributed by atoms with Crippen molar-refractivity contribution in [2.45, 2.75) is 19.4 Å². The van der Waals surface area contributed by atoms with Gasteiger partial charge in [-0.15, -0.1) is 0 Å². The van der Waals surface area contributed by atoms with Crippen molar-refractivity contribution in [1.29, 1.82) is 0 Å². The minimum Gasteiger partial charge on any atom is -0.497 e. The number of thioether (sulfide) groups is 1. The van der Waals surface area contributed by atoms with Gasteiger partial charge in [-0.1, -0.05) is 11.8 Å². The van der Waals surface area contributed by atoms with E-state index in [1.54, 1.807) is 18.9 Å². The predicted octanol–water partition coefficient (Wildman–Crippen LogP) is 3.75. The van der Waals surface area contributed by atoms with Gasteiger partial charge in [-0.25, -0.2) is 0 Å². The van der Waals surface area contributed by atoms with Crippen LogP contribution in [0.5, 0.6) is 5.75 Å². The van der Waals surface area contributed by atoms with Crippen LogP contribution < -0.4 is 10.1 Å². The van der Waals surface area contributed by atoms with Crippen molar-refractivity contribution in [1.82, 2.24) is 0 Å². The molecule has 1 heterocycles. The number of ether oxygens (including phenoxy) is 1. The maximum absolute atomic E-state index is 5.21. The Labute approximate surface area is 114 Å². The van der Waals surface area contributed by atoms with Crippen LogP contribution >= 0.6 is 27.7 Å². The average Bonchev–Trinajstić information content (AvgIpc) is 2.32. The van der Waals surface area contributed by atoms with Crippen LogP contribution in [0.25, 0.3) is 0 Å². The molecule has 0 aromatic heterocycles. The Kier molecular flexibility index (Phi) is 4.34. The number of hydrogen-bond acceptors (Lipinski definition) is 4. The molecule has 3 nitrogen and oxygen atoms in total. The van der Waals surface area contributed by atoms with E-state index in [1.807, 2.05) is 18.2 Å². The van der Waals surface area contributed by atoms with E-state index >= 15 is 0 Å². The van der Waals surface area contributed by atoms with Crippen LogP contribution in [-0.2, 0) is 0 Å². The summed E-state index contributed by atoms with van der Waals surface area (Å²) in [6.07, 6.45) is 1.15. The molecule has 0 saturated carbocycles. The van der Waals surface area contributed by atoms with Gasteiger partial charge < -0.3 is 10.1 Å². The average molecular weight is 315 g/mol. The maximum Gasteiger partial charge on any atom is 0.161 e. The van der Waals surface area contributed by atoms with Crippen molar-refractivity contribution in [3.05, 3.63) is 22.7 Å². The summed E-state index contributed by atoms with van der Waals surface area (Å²) in [6.45, 7) is 2.14. The number of halogens is 1. The van der Waals surface area contributed by atoms with Crippen LogP contribution in [0.15, 0.2) is 27.7 Å². The maximum atomic E-state index is 5.21. The Morgan fingerprint density at radius 2 is 2.35 bits per heavy atom. The summed E-state index contributed by atoms with van der Waals surface area (Å²) in [7, 11) is 1.67. The fraction of sp³-hybridized carbons (Fsp3) is 0.417. The molecule has 5 heteroatoms. The second-order valence-corrected chi connectivity index (χ2v) is 5.83. The van der Waals surface area contributed by atoms with Gasteiger partial charge >= 0.3 is 0 Å². The number of aliphatic imine (C=N–C) groups is 1. The van der Waals surface area contributed by atoms with Crippen LogP contribution in [0, 0.1) is 0 Å². The molecule has 2 rings (SSSR count). The minimum atomic E-state index is 0.406. The topological polar surface area (TPSA) is 33.6 Å². The lowest BCUT2D eigenvalue weighted by molar-refractivity contribution is 0.415. The summed E-state index contributed by atoms with van der Waals surface area (Å²) in [5, 5.41) is 4.32. The zero-order valence-electron chi connectivity index (χ0n) is 9.87. The SMILES string of the molecule is COc1ccc(Br)c(NC2=NC(C)CCS2)c1. The molecule has 0 fully saturated rings. The third-order valence-corrected chi connectivity index (χ3v) is 4.14. The van der Waals surface area contributed by atoms with E-state index in [4.69, 9.17) is 4.74 Å². The van der Waals surface area contributed by atoms with E-state index in [2.05, 4.69) is 33.2 Å². The quantitative estimate of drug-likeness (QED) is 0.902. The summed E-state index contributed by atoms with van der Waals surface area (Å²) in [5.74, 6) is 1.96. The summed E-state index contributed by atoms with van der Waals surface area (Å²) in [4.78, 5) is 4.58. The zero-order chi connectivity index (χ0) is 12.3. The highest BCUT2D eigenvalue weighted by Gasteiger charge is 2.13. The second-order valence-electron chi connectivity index (χ2n) is 3.89. The Hall–Kier alpha value is -0.680. The molecule has 0 saturated heterocycles. The fourth-order valence-electron chi connectivity index (χ4n) is 1.54. The third-order valence-electron chi connectivity index (χ3n) is 2.53. The van der Waals surface area contributed by atoms with Crippen molar-refractivity contribution < 1.29 is 4.74 Å². The first-order chi connectivity index (χ1) is 8.19. The lowest BCUT2D eigenvalue weighted by Crippen LogP contribution is -2.18. The smallest absolute Gasteiger partial charge is 0.161 e. The highest BCUT2D eigenvalue weighted by Crippen LogP contribution is 2.29. The Morgan fingerprint density at radius 3 is 3.06 bits per heavy atom. The first kappa shape index (κ1) is 12.8. The lowest BCUT2D eigenvalue weighted by Gasteiger charge is -2.18. The molecular weight excluding hydrogens is 300 g/mol. The largest absolute Gasteiger partial charge is 0.497 e. The summed E-state index contributed by atoms with van der Waals surface area (Å²) in [6, 6.07) is 6.27. The number of methoxy groups -OCH3 is 1. The molecule has 1 aromatic carbocycles. The number of hydrogen-bond donors (Lipinski definition) is 1. The van der Waals surface area contributed by atoms with Gasteiger partial charge in [0.1, 0.15) is 5.75 Å². The van der Waals surface area contributed by atoms with Gasteiger partial charge in [-0.05, 0) is 41.4 Å². The minimum absolute atomic E-state index is 0.406. The number of rotatable bonds is 2. The van der Waals surface area contributed by atoms with Crippen LogP contribution in [0.1, 0.15) is 13.3 Å². The molecular formula is C12H15BrN2OS. The van der Waals surface area contributed by atoms with Crippen LogP contribution in [0.3, 0.4) is 0 Å². The van der Waals surface area contributed by atoms with Gasteiger partial charge in [0.15, 0.2) is 5.17 Å². The summed E-state index contributed by atoms with van der Waals surface area (Å²) in [5.41, 5.74) is 0.990. The van der Waals surface area contributed by atoms with Crippen molar-refractivity contribution in [2.75, 3.05) is 18.2 Å². The third kappa shape index (κ3) is 3.39. The number of anilines is 1. The summed E-state index contributed by atoms with van der Waals surface area (Å²) < 4.78 is 6.23. The highest BCUT2D eigenvalue weighted by atomic mass is 79.9. The molecule has 0 aliphatic carbocycles. The van der Waals surface area contributed by atoms with Gasteiger partial charge in [0.2, 0.25) is 0 Å². The van der Waals surface area contributed by atoms with Crippen molar-refractivity contribution >= 4 is 38.5 Å². The standard InChI is InChI=1S/C12H15BrN2OS/c1-8-5-6-17-12(14-8)15-11-7-9(16-2)3-4-10(11)13/h3-4,7-8H,5-6H2,1-2H3,(H,14,15). The monoisotopic (exact) mass is 314 g/mol. The van der Waals surface area contributed by atoms with Crippen molar-refractivity contribution in [3.8, 4) is 5.75 Å². The number of benzene rings is 1. The van der Waals surface area contributed by atoms with Crippen LogP contribution in [-0.4, -0.2) is 24.1 Å². The molecule has 92 valence electrons. The second kappa shape index (κ2) is 5.78. The Morgan fingerprint density at radius 1 is 1.53 bits per heavy atom. The number of nitrogens with one attached hydrogen (secondary N) is 1. The van der Waals surface area contributed by atoms with E-state index in [1.165, 1.54) is 0 Å². The Balaban J connectivity index is 2.17. The first-order valence-electron chi connectivity index (χ1n) is 5.50. The normalized spacial score (nSPS) is 19.7. The molecule has 1 unspecified atom stereocenters. The molecule has 0 radical (unpaired) electrons. The van der Waals surface area contributed by atoms with Gasteiger partial charge in [-0.2, -0.15) is 0 Å². The van der Waals surface area contributed by atoms with Gasteiger partial charge in [0, 0.05) is 16.3 Å². The van der Waals surface area contributed by atoms with Gasteiger partial charge in [0.05, 0.1) is 18.8 Å². The molecule has 0 bridgehead atoms. The summed E-state index contributed by atoms with van der Waals surface area (Å²) >= 11 is 5.28. The van der Waals surface area contributed by atoms with Crippen LogP contribution in [0.4, 0.5) is 5.69 Å². The van der Waals surface area contributed by atoms with E-state index in [0.29, 0.717) is 6.04 Å². The van der Waals surface area contributed by atoms with Gasteiger partial charge in [-0.3, -0.25) is 4.99 Å². The van der Waals surface area contributed by atoms with Crippen LogP contribution in [0.2, 0.25) is 0 Å². The number of nitrogens with zero attached hydrogens (tertiary/aromatic N) is 1. The van der Waals surface area contributed by atoms with E-state index < -0.39 is 0 Å². The van der Waals surface area contributed by atoms with E-state index in [9.17, 15) is 0 Å². The lowest BCUT2D eigenvalue weighted by atomic mass is 10.3. The molecule has 1 aromatic rings. The molecule has 1 N–H and O–H groups in total. The molecule has 0 spiro atoms. The highest BCUT2D eigenvalue weighted by molar-refractivity contribution is 9.10. The molecule has 17 heavy (non-hydrogen) atoms. The molecule has 1 aliphatic rings. The first-order valence-corrected chi connectivity index (χ1v) is 7.28. The van der Waals surface area contributed by atoms with E-state index in [0.717, 1.165) is 33.3 Å². The zero-order valence-corrected chi connectivity index (χ0v) is 12.3. The van der Waals surface area contributed by atoms with E-state index in [-0.39, 0.29) is 0 Å². The van der Waals surface area contributed by atoms with Crippen molar-refractivity contribution in [2.24, 2.45) is 4.99 Å². The molecule has 1 aliphatic heterocycles. The molecule has 0 amide bonds. The molecule has 1 atom stereocenters.